The van der Waals surface area contributed by atoms with E-state index < -0.39 is 5.82 Å². The summed E-state index contributed by atoms with van der Waals surface area (Å²) in [5.41, 5.74) is 0.305. The van der Waals surface area contributed by atoms with Crippen molar-refractivity contribution in [3.05, 3.63) is 34.1 Å². The van der Waals surface area contributed by atoms with Gasteiger partial charge in [-0.05, 0) is 40.5 Å². The highest BCUT2D eigenvalue weighted by Gasteiger charge is 2.13. The number of carbonyl (C=O) groups is 1. The van der Waals surface area contributed by atoms with Crippen LogP contribution in [0, 0.1) is 5.82 Å². The van der Waals surface area contributed by atoms with Gasteiger partial charge in [-0.15, -0.1) is 0 Å². The maximum atomic E-state index is 13.3. The normalized spacial score (nSPS) is 12.2. The molecule has 0 heterocycles. The van der Waals surface area contributed by atoms with Gasteiger partial charge >= 0.3 is 0 Å². The third kappa shape index (κ3) is 4.66. The molecule has 1 rings (SSSR count). The van der Waals surface area contributed by atoms with Crippen molar-refractivity contribution < 1.29 is 13.9 Å². The van der Waals surface area contributed by atoms with Crippen LogP contribution in [0.25, 0.3) is 0 Å². The zero-order valence-corrected chi connectivity index (χ0v) is 13.1. The van der Waals surface area contributed by atoms with Crippen LogP contribution in [-0.2, 0) is 4.74 Å². The topological polar surface area (TPSA) is 38.3 Å². The maximum Gasteiger partial charge on any atom is 0.251 e. The third-order valence-corrected chi connectivity index (χ3v) is 3.80. The van der Waals surface area contributed by atoms with Gasteiger partial charge in [-0.1, -0.05) is 15.9 Å². The Balaban J connectivity index is 2.65. The van der Waals surface area contributed by atoms with Crippen LogP contribution in [0.5, 0.6) is 0 Å². The molecular formula is C12H14Br2FNO2. The number of benzene rings is 1. The molecule has 0 aliphatic heterocycles. The molecule has 1 unspecified atom stereocenters. The van der Waals surface area contributed by atoms with E-state index in [1.165, 1.54) is 12.1 Å². The average Bonchev–Trinajstić information content (AvgIpc) is 2.37. The first-order valence-corrected chi connectivity index (χ1v) is 7.30. The minimum Gasteiger partial charge on any atom is -0.385 e. The monoisotopic (exact) mass is 381 g/mol. The highest BCUT2D eigenvalue weighted by molar-refractivity contribution is 9.10. The van der Waals surface area contributed by atoms with E-state index in [-0.39, 0.29) is 11.9 Å². The van der Waals surface area contributed by atoms with Crippen molar-refractivity contribution in [1.29, 1.82) is 0 Å². The van der Waals surface area contributed by atoms with Gasteiger partial charge in [-0.25, -0.2) is 4.39 Å². The number of methoxy groups -OCH3 is 1. The number of halogens is 3. The van der Waals surface area contributed by atoms with E-state index in [0.29, 0.717) is 28.4 Å². The van der Waals surface area contributed by atoms with E-state index >= 15 is 0 Å². The lowest BCUT2D eigenvalue weighted by Crippen LogP contribution is -2.36. The molecule has 0 aliphatic rings. The number of hydrogen-bond donors (Lipinski definition) is 1. The van der Waals surface area contributed by atoms with E-state index in [4.69, 9.17) is 4.74 Å². The van der Waals surface area contributed by atoms with Crippen molar-refractivity contribution in [3.8, 4) is 0 Å². The first-order chi connectivity index (χ1) is 8.58. The first kappa shape index (κ1) is 15.6. The van der Waals surface area contributed by atoms with Crippen LogP contribution in [0.1, 0.15) is 16.8 Å². The Kier molecular flexibility index (Phi) is 6.81. The largest absolute Gasteiger partial charge is 0.385 e. The Morgan fingerprint density at radius 3 is 2.83 bits per heavy atom. The molecule has 1 aromatic carbocycles. The highest BCUT2D eigenvalue weighted by atomic mass is 79.9. The Hall–Kier alpha value is -0.460. The fourth-order valence-corrected chi connectivity index (χ4v) is 2.09. The van der Waals surface area contributed by atoms with Crippen molar-refractivity contribution >= 4 is 37.8 Å². The molecule has 18 heavy (non-hydrogen) atoms. The quantitative estimate of drug-likeness (QED) is 0.767. The predicted molar refractivity (Wildman–Crippen MR) is 75.6 cm³/mol. The fourth-order valence-electron chi connectivity index (χ4n) is 1.35. The summed E-state index contributed by atoms with van der Waals surface area (Å²) in [6.45, 7) is 0.561. The summed E-state index contributed by atoms with van der Waals surface area (Å²) in [6.07, 6.45) is 0.701. The van der Waals surface area contributed by atoms with Crippen LogP contribution < -0.4 is 5.32 Å². The summed E-state index contributed by atoms with van der Waals surface area (Å²) in [5, 5.41) is 3.44. The molecule has 1 N–H and O–H groups in total. The van der Waals surface area contributed by atoms with Gasteiger partial charge in [-0.2, -0.15) is 0 Å². The highest BCUT2D eigenvalue weighted by Crippen LogP contribution is 2.16. The summed E-state index contributed by atoms with van der Waals surface area (Å²) in [7, 11) is 1.61. The Bertz CT molecular complexity index is 415. The van der Waals surface area contributed by atoms with E-state index in [9.17, 15) is 9.18 Å². The second kappa shape index (κ2) is 7.86. The van der Waals surface area contributed by atoms with Gasteiger partial charge in [0, 0.05) is 30.7 Å². The fraction of sp³-hybridized carbons (Fsp3) is 0.417. The molecule has 1 atom stereocenters. The predicted octanol–water partition coefficient (Wildman–Crippen LogP) is 3.12. The lowest BCUT2D eigenvalue weighted by atomic mass is 10.2. The number of hydrogen-bond acceptors (Lipinski definition) is 2. The molecule has 1 amide bonds. The molecule has 100 valence electrons. The molecule has 0 aromatic heterocycles. The summed E-state index contributed by atoms with van der Waals surface area (Å²) >= 11 is 6.37. The summed E-state index contributed by atoms with van der Waals surface area (Å²) < 4.78 is 18.6. The van der Waals surface area contributed by atoms with Gasteiger partial charge < -0.3 is 10.1 Å². The number of nitrogens with one attached hydrogen (secondary N) is 1. The van der Waals surface area contributed by atoms with E-state index in [1.807, 2.05) is 0 Å². The van der Waals surface area contributed by atoms with Crippen LogP contribution in [0.3, 0.4) is 0 Å². The van der Waals surface area contributed by atoms with E-state index in [2.05, 4.69) is 37.2 Å². The molecule has 0 bridgehead atoms. The zero-order valence-electron chi connectivity index (χ0n) is 9.88. The standard InChI is InChI=1S/C12H14Br2FNO2/c1-18-5-4-9(7-13)16-12(17)8-2-3-10(14)11(15)6-8/h2-3,6,9H,4-5,7H2,1H3,(H,16,17). The maximum absolute atomic E-state index is 13.3. The van der Waals surface area contributed by atoms with Gasteiger partial charge in [0.1, 0.15) is 5.82 Å². The first-order valence-electron chi connectivity index (χ1n) is 5.39. The van der Waals surface area contributed by atoms with Gasteiger partial charge in [-0.3, -0.25) is 4.79 Å². The van der Waals surface area contributed by atoms with E-state index in [1.54, 1.807) is 13.2 Å². The summed E-state index contributed by atoms with van der Waals surface area (Å²) in [6, 6.07) is 4.26. The average molecular weight is 383 g/mol. The van der Waals surface area contributed by atoms with Crippen LogP contribution in [0.15, 0.2) is 22.7 Å². The Labute approximate surface area is 122 Å². The number of alkyl halides is 1. The number of rotatable bonds is 6. The van der Waals surface area contributed by atoms with Crippen LogP contribution in [-0.4, -0.2) is 31.0 Å². The van der Waals surface area contributed by atoms with Gasteiger partial charge in [0.15, 0.2) is 0 Å². The lowest BCUT2D eigenvalue weighted by molar-refractivity contribution is 0.0930. The van der Waals surface area contributed by atoms with Crippen LogP contribution >= 0.6 is 31.9 Å². The van der Waals surface area contributed by atoms with Crippen molar-refractivity contribution in [3.63, 3.8) is 0 Å². The molecule has 0 fully saturated rings. The molecule has 1 aromatic rings. The van der Waals surface area contributed by atoms with E-state index in [0.717, 1.165) is 0 Å². The SMILES string of the molecule is COCCC(CBr)NC(=O)c1ccc(Br)c(F)c1. The van der Waals surface area contributed by atoms with Gasteiger partial charge in [0.2, 0.25) is 0 Å². The molecular weight excluding hydrogens is 369 g/mol. The third-order valence-electron chi connectivity index (χ3n) is 2.37. The molecule has 6 heteroatoms. The van der Waals surface area contributed by atoms with Crippen molar-refractivity contribution in [2.24, 2.45) is 0 Å². The van der Waals surface area contributed by atoms with Crippen LogP contribution in [0.4, 0.5) is 4.39 Å². The Morgan fingerprint density at radius 1 is 1.56 bits per heavy atom. The van der Waals surface area contributed by atoms with Crippen LogP contribution in [0.2, 0.25) is 0 Å². The number of ether oxygens (including phenoxy) is 1. The molecule has 0 saturated carbocycles. The minimum atomic E-state index is -0.449. The van der Waals surface area contributed by atoms with Crippen molar-refractivity contribution in [1.82, 2.24) is 5.32 Å². The second-order valence-corrected chi connectivity index (χ2v) is 5.24. The zero-order chi connectivity index (χ0) is 13.5. The minimum absolute atomic E-state index is 0.0378. The number of amides is 1. The summed E-state index contributed by atoms with van der Waals surface area (Å²) in [5.74, 6) is -0.739. The van der Waals surface area contributed by atoms with Crippen molar-refractivity contribution in [2.75, 3.05) is 19.0 Å². The molecule has 0 aliphatic carbocycles. The molecule has 0 saturated heterocycles. The molecule has 3 nitrogen and oxygen atoms in total. The Morgan fingerprint density at radius 2 is 2.28 bits per heavy atom. The summed E-state index contributed by atoms with van der Waals surface area (Å²) in [4.78, 5) is 11.9. The smallest absolute Gasteiger partial charge is 0.251 e. The van der Waals surface area contributed by atoms with Gasteiger partial charge in [0.25, 0.3) is 5.91 Å². The molecule has 0 radical (unpaired) electrons. The van der Waals surface area contributed by atoms with Crippen molar-refractivity contribution in [2.45, 2.75) is 12.5 Å². The lowest BCUT2D eigenvalue weighted by Gasteiger charge is -2.15. The van der Waals surface area contributed by atoms with Gasteiger partial charge in [0.05, 0.1) is 4.47 Å². The molecule has 0 spiro atoms. The number of carbonyl (C=O) groups excluding carboxylic acids is 1. The second-order valence-electron chi connectivity index (χ2n) is 3.74.